The smallest absolute Gasteiger partial charge is 0.261 e. The molecule has 0 aliphatic heterocycles. The molecule has 0 bridgehead atoms. The molecule has 0 radical (unpaired) electrons. The van der Waals surface area contributed by atoms with Gasteiger partial charge in [-0.1, -0.05) is 73.1 Å². The lowest BCUT2D eigenvalue weighted by Crippen LogP contribution is -2.51. The lowest BCUT2D eigenvalue weighted by Gasteiger charge is -2.31. The summed E-state index contributed by atoms with van der Waals surface area (Å²) >= 11 is 9.95. The van der Waals surface area contributed by atoms with Crippen molar-refractivity contribution in [2.75, 3.05) is 13.2 Å². The molecule has 0 saturated heterocycles. The summed E-state index contributed by atoms with van der Waals surface area (Å²) in [7, 11) is 0. The average molecular weight is 558 g/mol. The van der Waals surface area contributed by atoms with Crippen LogP contribution in [0, 0.1) is 0 Å². The number of amides is 2. The average Bonchev–Trinajstić information content (AvgIpc) is 2.87. The van der Waals surface area contributed by atoms with E-state index in [1.807, 2.05) is 73.7 Å². The molecule has 0 unspecified atom stereocenters. The first-order valence-electron chi connectivity index (χ1n) is 11.7. The fourth-order valence-corrected chi connectivity index (χ4v) is 4.50. The number of ether oxygens (including phenoxy) is 1. The van der Waals surface area contributed by atoms with Crippen LogP contribution in [-0.2, 0) is 29.0 Å². The molecule has 1 atom stereocenters. The van der Waals surface area contributed by atoms with Gasteiger partial charge < -0.3 is 15.0 Å². The van der Waals surface area contributed by atoms with Gasteiger partial charge >= 0.3 is 0 Å². The maximum Gasteiger partial charge on any atom is 0.261 e. The van der Waals surface area contributed by atoms with Crippen LogP contribution < -0.4 is 10.1 Å². The van der Waals surface area contributed by atoms with Crippen LogP contribution in [0.25, 0.3) is 0 Å². The summed E-state index contributed by atoms with van der Waals surface area (Å²) in [5.41, 5.74) is 2.88. The van der Waals surface area contributed by atoms with Crippen LogP contribution in [0.4, 0.5) is 0 Å². The van der Waals surface area contributed by atoms with Gasteiger partial charge in [-0.3, -0.25) is 9.59 Å². The molecule has 7 heteroatoms. The van der Waals surface area contributed by atoms with E-state index in [4.69, 9.17) is 16.3 Å². The standard InChI is InChI=1S/C28H30BrClN2O3/c1-3-20-14-15-26(23(29)16-20)35-19-27(33)32(18-22-12-8-9-13-24(22)30)25(28(34)31-4-2)17-21-10-6-5-7-11-21/h5-16,25H,3-4,17-19H2,1-2H3,(H,31,34)/t25-/m1/s1. The number of aryl methyl sites for hydroxylation is 1. The van der Waals surface area contributed by atoms with Gasteiger partial charge in [0.05, 0.1) is 4.47 Å². The molecule has 0 aliphatic carbocycles. The molecule has 0 heterocycles. The van der Waals surface area contributed by atoms with E-state index in [0.29, 0.717) is 23.7 Å². The van der Waals surface area contributed by atoms with Gasteiger partial charge in [0.15, 0.2) is 6.61 Å². The first kappa shape index (κ1) is 26.8. The predicted octanol–water partition coefficient (Wildman–Crippen LogP) is 5.82. The Bertz CT molecular complexity index is 1140. The summed E-state index contributed by atoms with van der Waals surface area (Å²) in [6, 6.07) is 22.1. The van der Waals surface area contributed by atoms with Gasteiger partial charge in [-0.05, 0) is 64.2 Å². The van der Waals surface area contributed by atoms with Crippen molar-refractivity contribution in [3.8, 4) is 5.75 Å². The third kappa shape index (κ3) is 7.58. The normalized spacial score (nSPS) is 11.5. The van der Waals surface area contributed by atoms with Gasteiger partial charge in [0.2, 0.25) is 5.91 Å². The van der Waals surface area contributed by atoms with E-state index in [0.717, 1.165) is 27.6 Å². The quantitative estimate of drug-likeness (QED) is 0.323. The first-order valence-corrected chi connectivity index (χ1v) is 12.9. The summed E-state index contributed by atoms with van der Waals surface area (Å²) in [5.74, 6) is 0.0553. The number of hydrogen-bond acceptors (Lipinski definition) is 3. The number of nitrogens with zero attached hydrogens (tertiary/aromatic N) is 1. The summed E-state index contributed by atoms with van der Waals surface area (Å²) < 4.78 is 6.67. The van der Waals surface area contributed by atoms with E-state index < -0.39 is 6.04 Å². The zero-order valence-corrected chi connectivity index (χ0v) is 22.3. The topological polar surface area (TPSA) is 58.6 Å². The van der Waals surface area contributed by atoms with E-state index in [2.05, 4.69) is 28.2 Å². The van der Waals surface area contributed by atoms with Crippen molar-refractivity contribution >= 4 is 39.3 Å². The molecule has 2 amide bonds. The number of nitrogens with one attached hydrogen (secondary N) is 1. The summed E-state index contributed by atoms with van der Waals surface area (Å²) in [5, 5.41) is 3.42. The highest BCUT2D eigenvalue weighted by atomic mass is 79.9. The number of benzene rings is 3. The molecule has 35 heavy (non-hydrogen) atoms. The van der Waals surface area contributed by atoms with Crippen LogP contribution in [0.15, 0.2) is 77.3 Å². The molecule has 0 saturated carbocycles. The highest BCUT2D eigenvalue weighted by Crippen LogP contribution is 2.27. The largest absolute Gasteiger partial charge is 0.483 e. The summed E-state index contributed by atoms with van der Waals surface area (Å²) in [4.78, 5) is 28.3. The Morgan fingerprint density at radius 3 is 2.37 bits per heavy atom. The fraction of sp³-hybridized carbons (Fsp3) is 0.286. The molecular weight excluding hydrogens is 528 g/mol. The molecule has 3 rings (SSSR count). The molecular formula is C28H30BrClN2O3. The molecule has 5 nitrogen and oxygen atoms in total. The molecule has 0 spiro atoms. The fourth-order valence-electron chi connectivity index (χ4n) is 3.76. The molecule has 3 aromatic carbocycles. The molecule has 0 aromatic heterocycles. The van der Waals surface area contributed by atoms with Gasteiger partial charge in [0, 0.05) is 24.5 Å². The maximum absolute atomic E-state index is 13.6. The Hall–Kier alpha value is -2.83. The van der Waals surface area contributed by atoms with Gasteiger partial charge in [0.1, 0.15) is 11.8 Å². The Kier molecular flexibility index (Phi) is 10.2. The van der Waals surface area contributed by atoms with Gasteiger partial charge in [-0.15, -0.1) is 0 Å². The van der Waals surface area contributed by atoms with Crippen molar-refractivity contribution in [1.29, 1.82) is 0 Å². The van der Waals surface area contributed by atoms with Crippen molar-refractivity contribution in [3.05, 3.63) is 99.0 Å². The van der Waals surface area contributed by atoms with E-state index in [9.17, 15) is 9.59 Å². The predicted molar refractivity (Wildman–Crippen MR) is 144 cm³/mol. The highest BCUT2D eigenvalue weighted by Gasteiger charge is 2.31. The van der Waals surface area contributed by atoms with Gasteiger partial charge in [-0.2, -0.15) is 0 Å². The lowest BCUT2D eigenvalue weighted by atomic mass is 10.0. The number of carbonyl (C=O) groups is 2. The Balaban J connectivity index is 1.90. The number of rotatable bonds is 11. The van der Waals surface area contributed by atoms with Crippen molar-refractivity contribution in [2.45, 2.75) is 39.3 Å². The summed E-state index contributed by atoms with van der Waals surface area (Å²) in [6.45, 7) is 4.38. The molecule has 3 aromatic rings. The zero-order valence-electron chi connectivity index (χ0n) is 20.0. The third-order valence-corrected chi connectivity index (χ3v) is 6.66. The molecule has 1 N–H and O–H groups in total. The van der Waals surface area contributed by atoms with Crippen LogP contribution in [0.3, 0.4) is 0 Å². The Labute approximate surface area is 220 Å². The minimum Gasteiger partial charge on any atom is -0.483 e. The summed E-state index contributed by atoms with van der Waals surface area (Å²) in [6.07, 6.45) is 1.27. The second-order valence-corrected chi connectivity index (χ2v) is 9.38. The Morgan fingerprint density at radius 2 is 1.71 bits per heavy atom. The van der Waals surface area contributed by atoms with Crippen molar-refractivity contribution in [2.24, 2.45) is 0 Å². The van der Waals surface area contributed by atoms with Gasteiger partial charge in [0.25, 0.3) is 5.91 Å². The third-order valence-electron chi connectivity index (χ3n) is 5.68. The minimum atomic E-state index is -0.726. The van der Waals surface area contributed by atoms with Crippen LogP contribution in [0.5, 0.6) is 5.75 Å². The number of carbonyl (C=O) groups excluding carboxylic acids is 2. The first-order chi connectivity index (χ1) is 16.9. The van der Waals surface area contributed by atoms with E-state index in [-0.39, 0.29) is 25.0 Å². The van der Waals surface area contributed by atoms with Gasteiger partial charge in [-0.25, -0.2) is 0 Å². The maximum atomic E-state index is 13.6. The second-order valence-electron chi connectivity index (χ2n) is 8.12. The zero-order chi connectivity index (χ0) is 25.2. The lowest BCUT2D eigenvalue weighted by molar-refractivity contribution is -0.142. The van der Waals surface area contributed by atoms with E-state index in [1.54, 1.807) is 11.0 Å². The second kappa shape index (κ2) is 13.3. The van der Waals surface area contributed by atoms with Crippen LogP contribution >= 0.6 is 27.5 Å². The van der Waals surface area contributed by atoms with Crippen LogP contribution in [-0.4, -0.2) is 35.9 Å². The number of likely N-dealkylation sites (N-methyl/N-ethyl adjacent to an activating group) is 1. The molecule has 0 fully saturated rings. The SMILES string of the molecule is CCNC(=O)[C@@H](Cc1ccccc1)N(Cc1ccccc1Cl)C(=O)COc1ccc(CC)cc1Br. The number of hydrogen-bond donors (Lipinski definition) is 1. The van der Waals surface area contributed by atoms with Crippen molar-refractivity contribution < 1.29 is 14.3 Å². The van der Waals surface area contributed by atoms with Crippen molar-refractivity contribution in [1.82, 2.24) is 10.2 Å². The molecule has 184 valence electrons. The monoisotopic (exact) mass is 556 g/mol. The minimum absolute atomic E-state index is 0.187. The number of halogens is 2. The van der Waals surface area contributed by atoms with E-state index in [1.165, 1.54) is 0 Å². The Morgan fingerprint density at radius 1 is 1.00 bits per heavy atom. The highest BCUT2D eigenvalue weighted by molar-refractivity contribution is 9.10. The molecule has 0 aliphatic rings. The van der Waals surface area contributed by atoms with Crippen LogP contribution in [0.2, 0.25) is 5.02 Å². The van der Waals surface area contributed by atoms with E-state index >= 15 is 0 Å². The van der Waals surface area contributed by atoms with Crippen LogP contribution in [0.1, 0.15) is 30.5 Å². The van der Waals surface area contributed by atoms with Crippen molar-refractivity contribution in [3.63, 3.8) is 0 Å².